The molecule has 0 aliphatic carbocycles. The molecular weight excluding hydrogens is 434 g/mol. The van der Waals surface area contributed by atoms with Gasteiger partial charge in [-0.15, -0.1) is 0 Å². The maximum absolute atomic E-state index is 13.0. The molecule has 0 spiro atoms. The highest BCUT2D eigenvalue weighted by atomic mass is 32.2. The minimum atomic E-state index is -3.63. The van der Waals surface area contributed by atoms with E-state index in [1.807, 2.05) is 19.9 Å². The fourth-order valence-electron chi connectivity index (χ4n) is 3.92. The van der Waals surface area contributed by atoms with Crippen molar-refractivity contribution >= 4 is 43.2 Å². The molecule has 2 aromatic carbocycles. The Labute approximate surface area is 185 Å². The number of piperidine rings is 1. The molecule has 1 aromatic heterocycles. The summed E-state index contributed by atoms with van der Waals surface area (Å²) < 4.78 is 29.9. The van der Waals surface area contributed by atoms with Crippen LogP contribution in [0.1, 0.15) is 25.3 Å². The Kier molecular flexibility index (Phi) is 6.00. The summed E-state index contributed by atoms with van der Waals surface area (Å²) in [5.74, 6) is -0.630. The van der Waals surface area contributed by atoms with Gasteiger partial charge in [0.25, 0.3) is 0 Å². The van der Waals surface area contributed by atoms with Gasteiger partial charge < -0.3 is 5.32 Å². The van der Waals surface area contributed by atoms with E-state index in [4.69, 9.17) is 0 Å². The Balaban J connectivity index is 1.49. The van der Waals surface area contributed by atoms with Gasteiger partial charge in [-0.2, -0.15) is 4.31 Å². The molecule has 0 saturated carbocycles. The van der Waals surface area contributed by atoms with Gasteiger partial charge in [-0.25, -0.2) is 8.42 Å². The first kappa shape index (κ1) is 21.7. The quantitative estimate of drug-likeness (QED) is 0.633. The number of rotatable bonds is 5. The Bertz CT molecular complexity index is 1280. The monoisotopic (exact) mass is 459 g/mol. The number of hydrogen-bond donors (Lipinski definition) is 1. The lowest BCUT2D eigenvalue weighted by Gasteiger charge is -2.31. The summed E-state index contributed by atoms with van der Waals surface area (Å²) in [6.45, 7) is 4.99. The molecule has 1 N–H and O–H groups in total. The zero-order valence-corrected chi connectivity index (χ0v) is 19.1. The van der Waals surface area contributed by atoms with Crippen molar-refractivity contribution in [2.75, 3.05) is 18.4 Å². The van der Waals surface area contributed by atoms with Crippen LogP contribution < -0.4 is 10.2 Å². The van der Waals surface area contributed by atoms with E-state index < -0.39 is 15.9 Å². The molecule has 1 aliphatic rings. The van der Waals surface area contributed by atoms with Crippen LogP contribution in [0.2, 0.25) is 0 Å². The van der Waals surface area contributed by atoms with Gasteiger partial charge in [0, 0.05) is 25.3 Å². The second kappa shape index (κ2) is 8.57. The number of aromatic nitrogens is 1. The molecular formula is C22H25N3O4S2. The van der Waals surface area contributed by atoms with Gasteiger partial charge in [-0.1, -0.05) is 29.0 Å². The van der Waals surface area contributed by atoms with Crippen molar-refractivity contribution in [2.45, 2.75) is 38.1 Å². The molecule has 1 amide bonds. The first-order valence-corrected chi connectivity index (χ1v) is 12.6. The Morgan fingerprint density at radius 1 is 1.19 bits per heavy atom. The van der Waals surface area contributed by atoms with Crippen molar-refractivity contribution in [3.05, 3.63) is 57.7 Å². The van der Waals surface area contributed by atoms with Crippen LogP contribution in [0.5, 0.6) is 0 Å². The molecule has 0 radical (unpaired) electrons. The first-order chi connectivity index (χ1) is 14.8. The van der Waals surface area contributed by atoms with E-state index in [9.17, 15) is 18.0 Å². The summed E-state index contributed by atoms with van der Waals surface area (Å²) in [5.41, 5.74) is 2.45. The van der Waals surface area contributed by atoms with E-state index in [0.717, 1.165) is 27.1 Å². The molecule has 4 rings (SSSR count). The summed E-state index contributed by atoms with van der Waals surface area (Å²) in [5, 5.41) is 2.90. The second-order valence-electron chi connectivity index (χ2n) is 7.80. The van der Waals surface area contributed by atoms with E-state index >= 15 is 0 Å². The SMILES string of the molecule is CCn1c(=O)sc2cc(NC(=O)[C@@H]3CCCN(S(=O)(=O)c4ccc(C)cc4)C3)ccc21. The van der Waals surface area contributed by atoms with E-state index in [1.54, 1.807) is 41.0 Å². The molecule has 3 aromatic rings. The second-order valence-corrected chi connectivity index (χ2v) is 10.7. The summed E-state index contributed by atoms with van der Waals surface area (Å²) >= 11 is 1.15. The molecule has 1 aliphatic heterocycles. The summed E-state index contributed by atoms with van der Waals surface area (Å²) in [4.78, 5) is 25.2. The van der Waals surface area contributed by atoms with Crippen molar-refractivity contribution in [1.82, 2.24) is 8.87 Å². The number of nitrogens with zero attached hydrogens (tertiary/aromatic N) is 2. The van der Waals surface area contributed by atoms with Gasteiger partial charge >= 0.3 is 4.87 Å². The highest BCUT2D eigenvalue weighted by Gasteiger charge is 2.33. The van der Waals surface area contributed by atoms with Crippen LogP contribution in [0.25, 0.3) is 10.2 Å². The molecule has 164 valence electrons. The molecule has 9 heteroatoms. The van der Waals surface area contributed by atoms with Crippen molar-refractivity contribution in [3.63, 3.8) is 0 Å². The van der Waals surface area contributed by atoms with Crippen LogP contribution in [0, 0.1) is 12.8 Å². The third-order valence-corrected chi connectivity index (χ3v) is 8.49. The minimum absolute atomic E-state index is 0.0230. The molecule has 31 heavy (non-hydrogen) atoms. The van der Waals surface area contributed by atoms with Gasteiger partial charge in [0.1, 0.15) is 0 Å². The van der Waals surface area contributed by atoms with Crippen LogP contribution in [0.15, 0.2) is 52.2 Å². The van der Waals surface area contributed by atoms with Crippen LogP contribution >= 0.6 is 11.3 Å². The zero-order chi connectivity index (χ0) is 22.2. The number of sulfonamides is 1. The number of nitrogens with one attached hydrogen (secondary N) is 1. The smallest absolute Gasteiger partial charge is 0.308 e. The number of anilines is 1. The van der Waals surface area contributed by atoms with Crippen molar-refractivity contribution in [2.24, 2.45) is 5.92 Å². The van der Waals surface area contributed by atoms with Gasteiger partial charge in [0.05, 0.1) is 21.0 Å². The minimum Gasteiger partial charge on any atom is -0.326 e. The average molecular weight is 460 g/mol. The highest BCUT2D eigenvalue weighted by Crippen LogP contribution is 2.26. The van der Waals surface area contributed by atoms with E-state index in [-0.39, 0.29) is 22.2 Å². The number of thiazole rings is 1. The number of carbonyl (C=O) groups excluding carboxylic acids is 1. The van der Waals surface area contributed by atoms with Crippen molar-refractivity contribution in [1.29, 1.82) is 0 Å². The molecule has 0 unspecified atom stereocenters. The van der Waals surface area contributed by atoms with Gasteiger partial charge in [-0.3, -0.25) is 14.2 Å². The number of amides is 1. The molecule has 1 fully saturated rings. The third-order valence-electron chi connectivity index (χ3n) is 5.67. The van der Waals surface area contributed by atoms with Crippen LogP contribution in [0.3, 0.4) is 0 Å². The van der Waals surface area contributed by atoms with Crippen molar-refractivity contribution < 1.29 is 13.2 Å². The van der Waals surface area contributed by atoms with Crippen LogP contribution in [0.4, 0.5) is 5.69 Å². The standard InChI is InChI=1S/C22H25N3O4S2/c1-3-25-19-11-8-17(13-20(19)30-22(25)27)23-21(26)16-5-4-12-24(14-16)31(28,29)18-9-6-15(2)7-10-18/h6-11,13,16H,3-5,12,14H2,1-2H3,(H,23,26)/t16-/m1/s1. The lowest BCUT2D eigenvalue weighted by molar-refractivity contribution is -0.120. The highest BCUT2D eigenvalue weighted by molar-refractivity contribution is 7.89. The van der Waals surface area contributed by atoms with Gasteiger partial charge in [0.2, 0.25) is 15.9 Å². The lowest BCUT2D eigenvalue weighted by atomic mass is 9.98. The number of carbonyl (C=O) groups is 1. The van der Waals surface area contributed by atoms with Crippen LogP contribution in [-0.2, 0) is 21.4 Å². The molecule has 0 bridgehead atoms. The van der Waals surface area contributed by atoms with Gasteiger partial charge in [-0.05, 0) is 57.0 Å². The summed E-state index contributed by atoms with van der Waals surface area (Å²) in [7, 11) is -3.63. The maximum atomic E-state index is 13.0. The normalized spacial score (nSPS) is 17.7. The van der Waals surface area contributed by atoms with E-state index in [0.29, 0.717) is 31.6 Å². The summed E-state index contributed by atoms with van der Waals surface area (Å²) in [6, 6.07) is 12.2. The fourth-order valence-corrected chi connectivity index (χ4v) is 6.44. The average Bonchev–Trinajstić information content (AvgIpc) is 3.08. The number of hydrogen-bond acceptors (Lipinski definition) is 5. The Morgan fingerprint density at radius 2 is 1.94 bits per heavy atom. The lowest BCUT2D eigenvalue weighted by Crippen LogP contribution is -2.43. The predicted molar refractivity (Wildman–Crippen MR) is 123 cm³/mol. The topological polar surface area (TPSA) is 88.5 Å². The van der Waals surface area contributed by atoms with Crippen molar-refractivity contribution in [3.8, 4) is 0 Å². The molecule has 1 saturated heterocycles. The first-order valence-electron chi connectivity index (χ1n) is 10.3. The third kappa shape index (κ3) is 4.30. The summed E-state index contributed by atoms with van der Waals surface area (Å²) in [6.07, 6.45) is 1.26. The fraction of sp³-hybridized carbons (Fsp3) is 0.364. The molecule has 7 nitrogen and oxygen atoms in total. The molecule has 2 heterocycles. The van der Waals surface area contributed by atoms with Gasteiger partial charge in [0.15, 0.2) is 0 Å². The van der Waals surface area contributed by atoms with Crippen LogP contribution in [-0.4, -0.2) is 36.3 Å². The van der Waals surface area contributed by atoms with E-state index in [2.05, 4.69) is 5.32 Å². The number of fused-ring (bicyclic) bond motifs is 1. The largest absolute Gasteiger partial charge is 0.326 e. The number of aryl methyl sites for hydroxylation is 2. The Hall–Kier alpha value is -2.49. The van der Waals surface area contributed by atoms with E-state index in [1.165, 1.54) is 4.31 Å². The zero-order valence-electron chi connectivity index (χ0n) is 17.5. The number of benzene rings is 2. The predicted octanol–water partition coefficient (Wildman–Crippen LogP) is 3.43. The maximum Gasteiger partial charge on any atom is 0.308 e. The Morgan fingerprint density at radius 3 is 2.65 bits per heavy atom. The molecule has 1 atom stereocenters.